The van der Waals surface area contributed by atoms with Crippen LogP contribution < -0.4 is 14.8 Å². The molecule has 2 aromatic carbocycles. The Labute approximate surface area is 218 Å². The summed E-state index contributed by atoms with van der Waals surface area (Å²) in [5, 5.41) is 12.6. The van der Waals surface area contributed by atoms with Crippen LogP contribution in [0.1, 0.15) is 5.56 Å². The highest BCUT2D eigenvalue weighted by Gasteiger charge is 2.15. The number of rotatable bonds is 9. The quantitative estimate of drug-likeness (QED) is 0.300. The van der Waals surface area contributed by atoms with E-state index in [2.05, 4.69) is 26.1 Å². The van der Waals surface area contributed by atoms with Crippen LogP contribution >= 0.6 is 11.8 Å². The van der Waals surface area contributed by atoms with Gasteiger partial charge in [-0.2, -0.15) is 5.26 Å². The summed E-state index contributed by atoms with van der Waals surface area (Å²) in [4.78, 5) is 21.1. The summed E-state index contributed by atoms with van der Waals surface area (Å²) in [6.45, 7) is 0. The van der Waals surface area contributed by atoms with Gasteiger partial charge in [0.05, 0.1) is 29.0 Å². The molecule has 0 bridgehead atoms. The fraction of sp³-hybridized carbons (Fsp3) is 0.0769. The van der Waals surface area contributed by atoms with E-state index < -0.39 is 10.0 Å². The molecule has 2 heterocycles. The SMILES string of the molecule is COc1ccc(-c2ccc(C#N)c(SCC(=O)Nc3ccc(S(=O)(=O)Nc4ccccn4)cc3)n2)cc1. The molecule has 1 amide bonds. The lowest BCUT2D eigenvalue weighted by molar-refractivity contribution is -0.113. The van der Waals surface area contributed by atoms with Crippen LogP contribution in [0.2, 0.25) is 0 Å². The number of nitrogens with one attached hydrogen (secondary N) is 2. The lowest BCUT2D eigenvalue weighted by atomic mass is 10.1. The van der Waals surface area contributed by atoms with Crippen LogP contribution in [0.4, 0.5) is 11.5 Å². The van der Waals surface area contributed by atoms with Crippen LogP contribution in [0.5, 0.6) is 5.75 Å². The first-order valence-electron chi connectivity index (χ1n) is 10.9. The van der Waals surface area contributed by atoms with E-state index in [0.717, 1.165) is 23.1 Å². The zero-order valence-electron chi connectivity index (χ0n) is 19.6. The van der Waals surface area contributed by atoms with Crippen molar-refractivity contribution < 1.29 is 17.9 Å². The maximum absolute atomic E-state index is 12.5. The number of sulfonamides is 1. The molecule has 0 radical (unpaired) electrons. The Morgan fingerprint density at radius 3 is 2.43 bits per heavy atom. The van der Waals surface area contributed by atoms with Gasteiger partial charge >= 0.3 is 0 Å². The minimum absolute atomic E-state index is 0.00896. The first-order valence-corrected chi connectivity index (χ1v) is 13.4. The number of methoxy groups -OCH3 is 1. The molecular formula is C26H21N5O4S2. The summed E-state index contributed by atoms with van der Waals surface area (Å²) in [5.74, 6) is 0.611. The van der Waals surface area contributed by atoms with Crippen molar-refractivity contribution in [1.29, 1.82) is 5.26 Å². The Hall–Kier alpha value is -4.40. The highest BCUT2D eigenvalue weighted by molar-refractivity contribution is 8.00. The number of ether oxygens (including phenoxy) is 1. The number of aromatic nitrogens is 2. The maximum atomic E-state index is 12.5. The topological polar surface area (TPSA) is 134 Å². The third kappa shape index (κ3) is 6.63. The molecule has 186 valence electrons. The molecule has 2 N–H and O–H groups in total. The van der Waals surface area contributed by atoms with Gasteiger partial charge in [-0.1, -0.05) is 17.8 Å². The van der Waals surface area contributed by atoms with Crippen molar-refractivity contribution in [2.24, 2.45) is 0 Å². The van der Waals surface area contributed by atoms with Crippen LogP contribution in [0, 0.1) is 11.3 Å². The molecule has 0 spiro atoms. The normalized spacial score (nSPS) is 10.8. The molecule has 4 rings (SSSR count). The van der Waals surface area contributed by atoms with Gasteiger partial charge in [-0.05, 0) is 72.8 Å². The van der Waals surface area contributed by atoms with Gasteiger partial charge < -0.3 is 10.1 Å². The van der Waals surface area contributed by atoms with E-state index in [1.807, 2.05) is 24.3 Å². The number of amides is 1. The molecule has 0 saturated heterocycles. The van der Waals surface area contributed by atoms with Crippen LogP contribution in [0.25, 0.3) is 11.3 Å². The van der Waals surface area contributed by atoms with E-state index in [4.69, 9.17) is 4.74 Å². The molecule has 0 aliphatic heterocycles. The largest absolute Gasteiger partial charge is 0.497 e. The van der Waals surface area contributed by atoms with Crippen molar-refractivity contribution in [3.8, 4) is 23.1 Å². The summed E-state index contributed by atoms with van der Waals surface area (Å²) in [6.07, 6.45) is 1.49. The Morgan fingerprint density at radius 2 is 1.78 bits per heavy atom. The van der Waals surface area contributed by atoms with E-state index in [9.17, 15) is 18.5 Å². The predicted molar refractivity (Wildman–Crippen MR) is 142 cm³/mol. The fourth-order valence-electron chi connectivity index (χ4n) is 3.23. The minimum atomic E-state index is -3.82. The highest BCUT2D eigenvalue weighted by atomic mass is 32.2. The van der Waals surface area contributed by atoms with Crippen molar-refractivity contribution in [3.63, 3.8) is 0 Å². The van der Waals surface area contributed by atoms with Gasteiger partial charge in [0.2, 0.25) is 5.91 Å². The molecule has 0 fully saturated rings. The number of nitrogens with zero attached hydrogens (tertiary/aromatic N) is 3. The van der Waals surface area contributed by atoms with Crippen molar-refractivity contribution in [2.75, 3.05) is 22.9 Å². The fourth-order valence-corrected chi connectivity index (χ4v) is 5.01. The number of thioether (sulfide) groups is 1. The number of carbonyl (C=O) groups is 1. The number of hydrogen-bond acceptors (Lipinski definition) is 8. The second-order valence-electron chi connectivity index (χ2n) is 7.57. The molecular weight excluding hydrogens is 510 g/mol. The molecule has 4 aromatic rings. The van der Waals surface area contributed by atoms with Crippen molar-refractivity contribution in [2.45, 2.75) is 9.92 Å². The van der Waals surface area contributed by atoms with E-state index in [-0.39, 0.29) is 22.4 Å². The van der Waals surface area contributed by atoms with E-state index in [1.165, 1.54) is 30.5 Å². The van der Waals surface area contributed by atoms with Gasteiger partial charge in [0.1, 0.15) is 22.7 Å². The van der Waals surface area contributed by atoms with Crippen LogP contribution in [-0.2, 0) is 14.8 Å². The lowest BCUT2D eigenvalue weighted by Crippen LogP contribution is -2.15. The number of hydrogen-bond donors (Lipinski definition) is 2. The van der Waals surface area contributed by atoms with Crippen molar-refractivity contribution >= 4 is 39.2 Å². The first kappa shape index (κ1) is 25.7. The molecule has 9 nitrogen and oxygen atoms in total. The lowest BCUT2D eigenvalue weighted by Gasteiger charge is -2.10. The zero-order valence-corrected chi connectivity index (χ0v) is 21.2. The monoisotopic (exact) mass is 531 g/mol. The standard InChI is InChI=1S/C26H21N5O4S2/c1-35-21-10-5-18(6-11-21)23-14-7-19(16-27)26(30-23)36-17-25(32)29-20-8-12-22(13-9-20)37(33,34)31-24-4-2-3-15-28-24/h2-15H,17H2,1H3,(H,28,31)(H,29,32). The van der Waals surface area contributed by atoms with Gasteiger partial charge in [-0.25, -0.2) is 18.4 Å². The predicted octanol–water partition coefficient (Wildman–Crippen LogP) is 4.56. The molecule has 0 unspecified atom stereocenters. The summed E-state index contributed by atoms with van der Waals surface area (Å²) in [7, 11) is -2.23. The van der Waals surface area contributed by atoms with Crippen LogP contribution in [-0.4, -0.2) is 37.2 Å². The van der Waals surface area contributed by atoms with E-state index >= 15 is 0 Å². The Kier molecular flexibility index (Phi) is 8.02. The van der Waals surface area contributed by atoms with Crippen molar-refractivity contribution in [1.82, 2.24) is 9.97 Å². The third-order valence-electron chi connectivity index (χ3n) is 5.06. The van der Waals surface area contributed by atoms with Gasteiger partial charge in [0, 0.05) is 17.4 Å². The molecule has 2 aromatic heterocycles. The zero-order chi connectivity index (χ0) is 26.3. The second-order valence-corrected chi connectivity index (χ2v) is 10.2. The minimum Gasteiger partial charge on any atom is -0.497 e. The van der Waals surface area contributed by atoms with Gasteiger partial charge in [-0.3, -0.25) is 9.52 Å². The number of anilines is 2. The number of benzene rings is 2. The average Bonchev–Trinajstić information content (AvgIpc) is 2.92. The Balaban J connectivity index is 1.39. The Bertz CT molecular complexity index is 1540. The molecule has 0 saturated carbocycles. The van der Waals surface area contributed by atoms with Crippen molar-refractivity contribution in [3.05, 3.63) is 90.6 Å². The smallest absolute Gasteiger partial charge is 0.263 e. The molecule has 0 aliphatic carbocycles. The number of carbonyl (C=O) groups excluding carboxylic acids is 1. The van der Waals surface area contributed by atoms with Crippen LogP contribution in [0.3, 0.4) is 0 Å². The summed E-state index contributed by atoms with van der Waals surface area (Å²) >= 11 is 1.14. The maximum Gasteiger partial charge on any atom is 0.263 e. The summed E-state index contributed by atoms with van der Waals surface area (Å²) < 4.78 is 32.6. The molecule has 0 aliphatic rings. The first-order chi connectivity index (χ1) is 17.9. The van der Waals surface area contributed by atoms with Gasteiger partial charge in [0.15, 0.2) is 0 Å². The van der Waals surface area contributed by atoms with E-state index in [1.54, 1.807) is 37.4 Å². The van der Waals surface area contributed by atoms with Crippen LogP contribution in [0.15, 0.2) is 95.0 Å². The van der Waals surface area contributed by atoms with Gasteiger partial charge in [0.25, 0.3) is 10.0 Å². The molecule has 37 heavy (non-hydrogen) atoms. The third-order valence-corrected chi connectivity index (χ3v) is 7.42. The van der Waals surface area contributed by atoms with Gasteiger partial charge in [-0.15, -0.1) is 0 Å². The number of pyridine rings is 2. The summed E-state index contributed by atoms with van der Waals surface area (Å²) in [5.41, 5.74) is 2.32. The second kappa shape index (κ2) is 11.6. The Morgan fingerprint density at radius 1 is 1.03 bits per heavy atom. The number of nitriles is 1. The average molecular weight is 532 g/mol. The highest BCUT2D eigenvalue weighted by Crippen LogP contribution is 2.27. The summed E-state index contributed by atoms with van der Waals surface area (Å²) in [6, 6.07) is 23.6. The molecule has 0 atom stereocenters. The van der Waals surface area contributed by atoms with E-state index in [0.29, 0.717) is 22.0 Å². The molecule has 11 heteroatoms.